The Kier molecular flexibility index (Phi) is 5.69. The van der Waals surface area contributed by atoms with Gasteiger partial charge in [0.1, 0.15) is 0 Å². The van der Waals surface area contributed by atoms with E-state index in [2.05, 4.69) is 0 Å². The van der Waals surface area contributed by atoms with Crippen molar-refractivity contribution >= 4 is 0 Å². The summed E-state index contributed by atoms with van der Waals surface area (Å²) in [6, 6.07) is 0. The summed E-state index contributed by atoms with van der Waals surface area (Å²) in [4.78, 5) is 0. The fourth-order valence-electron chi connectivity index (χ4n) is 2.33. The van der Waals surface area contributed by atoms with Crippen LogP contribution in [0.25, 0.3) is 0 Å². The molecule has 1 aliphatic carbocycles. The minimum Gasteiger partial charge on any atom is -0.396 e. The molecule has 0 spiro atoms. The molecule has 0 saturated heterocycles. The molecule has 1 unspecified atom stereocenters. The predicted octanol–water partition coefficient (Wildman–Crippen LogP) is 0.566. The number of rotatable bonds is 6. The van der Waals surface area contributed by atoms with E-state index in [9.17, 15) is 15.3 Å². The van der Waals surface area contributed by atoms with E-state index in [-0.39, 0.29) is 12.7 Å². The zero-order valence-electron chi connectivity index (χ0n) is 9.81. The molecular formula is C12H24O4. The lowest BCUT2D eigenvalue weighted by Crippen LogP contribution is -2.46. The minimum atomic E-state index is -1.00. The predicted molar refractivity (Wildman–Crippen MR) is 61.0 cm³/mol. The van der Waals surface area contributed by atoms with Gasteiger partial charge >= 0.3 is 0 Å². The number of aliphatic hydroxyl groups is 4. The average Bonchev–Trinajstić information content (AvgIpc) is 2.28. The molecule has 1 aliphatic rings. The lowest BCUT2D eigenvalue weighted by atomic mass is 9.78. The van der Waals surface area contributed by atoms with Gasteiger partial charge in [-0.25, -0.2) is 0 Å². The van der Waals surface area contributed by atoms with Crippen molar-refractivity contribution in [1.82, 2.24) is 0 Å². The third-order valence-electron chi connectivity index (χ3n) is 3.58. The molecule has 16 heavy (non-hydrogen) atoms. The van der Waals surface area contributed by atoms with E-state index >= 15 is 0 Å². The van der Waals surface area contributed by atoms with Gasteiger partial charge in [0.15, 0.2) is 0 Å². The molecule has 0 amide bonds. The number of unbranched alkanes of at least 4 members (excludes halogenated alkanes) is 2. The maximum atomic E-state index is 10.2. The summed E-state index contributed by atoms with van der Waals surface area (Å²) in [6.07, 6.45) is 4.13. The normalized spacial score (nSPS) is 32.6. The van der Waals surface area contributed by atoms with Crippen molar-refractivity contribution < 1.29 is 20.4 Å². The number of hydrogen-bond donors (Lipinski definition) is 4. The molecule has 0 aliphatic heterocycles. The van der Waals surface area contributed by atoms with Crippen LogP contribution >= 0.6 is 0 Å². The van der Waals surface area contributed by atoms with Gasteiger partial charge in [-0.3, -0.25) is 0 Å². The van der Waals surface area contributed by atoms with Crippen LogP contribution < -0.4 is 0 Å². The Bertz CT molecular complexity index is 187. The quantitative estimate of drug-likeness (QED) is 0.505. The molecular weight excluding hydrogens is 208 g/mol. The molecule has 1 rings (SSSR count). The standard InChI is InChI=1S/C12H24O4/c13-9-3-1-2-4-11(15)12(16)7-5-10(14)6-8-12/h10-11,13-16H,1-9H2. The van der Waals surface area contributed by atoms with E-state index in [1.54, 1.807) is 0 Å². The van der Waals surface area contributed by atoms with E-state index in [1.807, 2.05) is 0 Å². The Morgan fingerprint density at radius 3 is 2.31 bits per heavy atom. The third-order valence-corrected chi connectivity index (χ3v) is 3.58. The van der Waals surface area contributed by atoms with Crippen LogP contribution in [-0.2, 0) is 0 Å². The third kappa shape index (κ3) is 4.01. The van der Waals surface area contributed by atoms with Crippen molar-refractivity contribution in [3.63, 3.8) is 0 Å². The fraction of sp³-hybridized carbons (Fsp3) is 1.00. The van der Waals surface area contributed by atoms with E-state index in [0.717, 1.165) is 19.3 Å². The second-order valence-corrected chi connectivity index (χ2v) is 4.92. The molecule has 4 nitrogen and oxygen atoms in total. The Balaban J connectivity index is 2.26. The van der Waals surface area contributed by atoms with Crippen molar-refractivity contribution in [2.24, 2.45) is 0 Å². The molecule has 96 valence electrons. The molecule has 0 bridgehead atoms. The first-order valence-electron chi connectivity index (χ1n) is 6.28. The van der Waals surface area contributed by atoms with Crippen LogP contribution in [-0.4, -0.2) is 44.8 Å². The minimum absolute atomic E-state index is 0.187. The van der Waals surface area contributed by atoms with Crippen molar-refractivity contribution in [3.05, 3.63) is 0 Å². The van der Waals surface area contributed by atoms with Gasteiger partial charge in [-0.2, -0.15) is 0 Å². The van der Waals surface area contributed by atoms with Gasteiger partial charge in [-0.15, -0.1) is 0 Å². The smallest absolute Gasteiger partial charge is 0.0907 e. The Hall–Kier alpha value is -0.160. The molecule has 0 radical (unpaired) electrons. The Morgan fingerprint density at radius 1 is 1.12 bits per heavy atom. The van der Waals surface area contributed by atoms with Gasteiger partial charge < -0.3 is 20.4 Å². The highest BCUT2D eigenvalue weighted by molar-refractivity contribution is 4.91. The molecule has 1 atom stereocenters. The fourth-order valence-corrected chi connectivity index (χ4v) is 2.33. The monoisotopic (exact) mass is 232 g/mol. The summed E-state index contributed by atoms with van der Waals surface area (Å²) in [5.41, 5.74) is -1.00. The Morgan fingerprint density at radius 2 is 1.75 bits per heavy atom. The maximum Gasteiger partial charge on any atom is 0.0907 e. The second kappa shape index (κ2) is 6.55. The molecule has 1 fully saturated rings. The maximum absolute atomic E-state index is 10.2. The zero-order valence-corrected chi connectivity index (χ0v) is 9.81. The largest absolute Gasteiger partial charge is 0.396 e. The summed E-state index contributed by atoms with van der Waals surface area (Å²) in [5, 5.41) is 38.1. The molecule has 0 heterocycles. The van der Waals surface area contributed by atoms with E-state index in [1.165, 1.54) is 0 Å². The van der Waals surface area contributed by atoms with Crippen LogP contribution in [0.2, 0.25) is 0 Å². The second-order valence-electron chi connectivity index (χ2n) is 4.92. The topological polar surface area (TPSA) is 80.9 Å². The van der Waals surface area contributed by atoms with Crippen LogP contribution in [0.1, 0.15) is 51.4 Å². The van der Waals surface area contributed by atoms with Crippen LogP contribution in [0.5, 0.6) is 0 Å². The molecule has 4 N–H and O–H groups in total. The molecule has 0 aromatic heterocycles. The van der Waals surface area contributed by atoms with Crippen LogP contribution in [0, 0.1) is 0 Å². The van der Waals surface area contributed by atoms with Crippen molar-refractivity contribution in [3.8, 4) is 0 Å². The Labute approximate surface area is 96.9 Å². The van der Waals surface area contributed by atoms with Gasteiger partial charge in [-0.05, 0) is 38.5 Å². The van der Waals surface area contributed by atoms with Gasteiger partial charge in [0.05, 0.1) is 17.8 Å². The highest BCUT2D eigenvalue weighted by atomic mass is 16.3. The number of aliphatic hydroxyl groups excluding tert-OH is 3. The van der Waals surface area contributed by atoms with Crippen LogP contribution in [0.3, 0.4) is 0 Å². The molecule has 1 saturated carbocycles. The first-order valence-corrected chi connectivity index (χ1v) is 6.28. The first-order chi connectivity index (χ1) is 7.58. The van der Waals surface area contributed by atoms with Crippen molar-refractivity contribution in [2.45, 2.75) is 69.2 Å². The zero-order chi connectivity index (χ0) is 12.0. The van der Waals surface area contributed by atoms with Gasteiger partial charge in [0.2, 0.25) is 0 Å². The summed E-state index contributed by atoms with van der Waals surface area (Å²) < 4.78 is 0. The highest BCUT2D eigenvalue weighted by Crippen LogP contribution is 2.33. The van der Waals surface area contributed by atoms with E-state index < -0.39 is 11.7 Å². The van der Waals surface area contributed by atoms with Gasteiger partial charge in [0.25, 0.3) is 0 Å². The van der Waals surface area contributed by atoms with Gasteiger partial charge in [0, 0.05) is 6.61 Å². The lowest BCUT2D eigenvalue weighted by Gasteiger charge is -2.38. The summed E-state index contributed by atoms with van der Waals surface area (Å²) >= 11 is 0. The number of hydrogen-bond acceptors (Lipinski definition) is 4. The van der Waals surface area contributed by atoms with Crippen molar-refractivity contribution in [1.29, 1.82) is 0 Å². The molecule has 0 aromatic carbocycles. The molecule has 0 aromatic rings. The summed E-state index contributed by atoms with van der Waals surface area (Å²) in [5.74, 6) is 0. The van der Waals surface area contributed by atoms with Crippen molar-refractivity contribution in [2.75, 3.05) is 6.61 Å². The van der Waals surface area contributed by atoms with Crippen LogP contribution in [0.15, 0.2) is 0 Å². The lowest BCUT2D eigenvalue weighted by molar-refractivity contribution is -0.115. The average molecular weight is 232 g/mol. The highest BCUT2D eigenvalue weighted by Gasteiger charge is 2.38. The first kappa shape index (κ1) is 13.9. The van der Waals surface area contributed by atoms with E-state index in [0.29, 0.717) is 32.1 Å². The molecule has 4 heteroatoms. The van der Waals surface area contributed by atoms with Crippen LogP contribution in [0.4, 0.5) is 0 Å². The summed E-state index contributed by atoms with van der Waals surface area (Å²) in [6.45, 7) is 0.187. The SMILES string of the molecule is OCCCCCC(O)C1(O)CCC(O)CC1. The van der Waals surface area contributed by atoms with Gasteiger partial charge in [-0.1, -0.05) is 12.8 Å². The summed E-state index contributed by atoms with van der Waals surface area (Å²) in [7, 11) is 0. The van der Waals surface area contributed by atoms with E-state index in [4.69, 9.17) is 5.11 Å².